The van der Waals surface area contributed by atoms with E-state index >= 15 is 0 Å². The first-order chi connectivity index (χ1) is 14.7. The van der Waals surface area contributed by atoms with Gasteiger partial charge in [0, 0.05) is 18.8 Å². The smallest absolute Gasteiger partial charge is 0.248 e. The number of furan rings is 1. The van der Waals surface area contributed by atoms with Crippen LogP contribution in [0.1, 0.15) is 45.3 Å². The van der Waals surface area contributed by atoms with E-state index in [1.165, 1.54) is 0 Å². The van der Waals surface area contributed by atoms with E-state index < -0.39 is 54.1 Å². The Kier molecular flexibility index (Phi) is 6.50. The lowest BCUT2D eigenvalue weighted by Crippen LogP contribution is -2.78. The van der Waals surface area contributed by atoms with Crippen LogP contribution in [0.15, 0.2) is 22.8 Å². The van der Waals surface area contributed by atoms with E-state index in [1.807, 2.05) is 19.1 Å². The maximum atomic E-state index is 11.6. The standard InChI is InChI=1S/C22H35NO8/c1-4-14-16(24)15(23-3)18-19(17(14)25)30-20-22(27,31-18)21(26,11-12(2)29-20)9-5-7-13-8-6-10-28-13/h6,8,10,12,14-20,23-27H,4-5,7,9,11H2,1-3H3/t12-,14-,15+,16+,17+,18-,19-,20+,21+,22-/m1/s1. The molecular weight excluding hydrogens is 406 g/mol. The molecule has 4 rings (SSSR count). The van der Waals surface area contributed by atoms with Crippen molar-refractivity contribution >= 4 is 0 Å². The summed E-state index contributed by atoms with van der Waals surface area (Å²) in [5, 5.41) is 47.9. The van der Waals surface area contributed by atoms with Crippen LogP contribution in [0, 0.1) is 5.92 Å². The molecule has 1 saturated carbocycles. The highest BCUT2D eigenvalue weighted by Gasteiger charge is 2.68. The molecule has 1 aromatic heterocycles. The van der Waals surface area contributed by atoms with Crippen molar-refractivity contribution in [2.45, 2.75) is 100 Å². The Labute approximate surface area is 182 Å². The lowest BCUT2D eigenvalue weighted by Gasteiger charge is -2.60. The molecule has 9 nitrogen and oxygen atoms in total. The van der Waals surface area contributed by atoms with E-state index in [0.29, 0.717) is 19.3 Å². The zero-order valence-corrected chi connectivity index (χ0v) is 18.3. The average molecular weight is 442 g/mol. The lowest BCUT2D eigenvalue weighted by atomic mass is 9.73. The number of hydrogen-bond donors (Lipinski definition) is 5. The summed E-state index contributed by atoms with van der Waals surface area (Å²) in [7, 11) is 1.68. The predicted molar refractivity (Wildman–Crippen MR) is 109 cm³/mol. The molecule has 5 N–H and O–H groups in total. The SMILES string of the molecule is CC[C@@H]1[C@H](O)[C@H](NC)[C@H]2O[C@]3(O)[C@H](O[C@@H]2[C@H]1O)O[C@H](C)C[C@@]3(O)CCCc1ccco1. The Bertz CT molecular complexity index is 731. The molecule has 9 heteroatoms. The Morgan fingerprint density at radius 1 is 1.16 bits per heavy atom. The summed E-state index contributed by atoms with van der Waals surface area (Å²) >= 11 is 0. The van der Waals surface area contributed by atoms with Crippen LogP contribution in [0.5, 0.6) is 0 Å². The Balaban J connectivity index is 1.58. The van der Waals surface area contributed by atoms with Gasteiger partial charge < -0.3 is 44.4 Å². The summed E-state index contributed by atoms with van der Waals surface area (Å²) in [6.07, 6.45) is -1.50. The van der Waals surface area contributed by atoms with Gasteiger partial charge in [-0.1, -0.05) is 6.92 Å². The number of rotatable bonds is 6. The largest absolute Gasteiger partial charge is 0.469 e. The minimum atomic E-state index is -2.14. The predicted octanol–water partition coefficient (Wildman–Crippen LogP) is 0.291. The minimum absolute atomic E-state index is 0.159. The molecule has 176 valence electrons. The molecule has 0 radical (unpaired) electrons. The normalized spacial score (nSPS) is 47.6. The molecule has 2 saturated heterocycles. The van der Waals surface area contributed by atoms with Gasteiger partial charge in [0.2, 0.25) is 12.1 Å². The maximum absolute atomic E-state index is 11.6. The first kappa shape index (κ1) is 23.1. The molecule has 31 heavy (non-hydrogen) atoms. The number of fused-ring (bicyclic) bond motifs is 2. The summed E-state index contributed by atoms with van der Waals surface area (Å²) in [4.78, 5) is 0. The van der Waals surface area contributed by atoms with Crippen LogP contribution in [0.3, 0.4) is 0 Å². The molecule has 3 aliphatic rings. The van der Waals surface area contributed by atoms with Gasteiger partial charge in [0.15, 0.2) is 0 Å². The fourth-order valence-electron chi connectivity index (χ4n) is 5.54. The summed E-state index contributed by atoms with van der Waals surface area (Å²) in [6.45, 7) is 3.69. The van der Waals surface area contributed by atoms with Gasteiger partial charge in [-0.3, -0.25) is 0 Å². The van der Waals surface area contributed by atoms with E-state index in [1.54, 1.807) is 20.2 Å². The summed E-state index contributed by atoms with van der Waals surface area (Å²) in [5.74, 6) is -1.76. The molecule has 1 aliphatic carbocycles. The Morgan fingerprint density at radius 2 is 1.94 bits per heavy atom. The van der Waals surface area contributed by atoms with Crippen LogP contribution < -0.4 is 5.32 Å². The van der Waals surface area contributed by atoms with E-state index in [0.717, 1.165) is 5.76 Å². The molecule has 3 heterocycles. The van der Waals surface area contributed by atoms with Gasteiger partial charge in [0.25, 0.3) is 0 Å². The van der Waals surface area contributed by atoms with Crippen molar-refractivity contribution in [3.63, 3.8) is 0 Å². The number of aliphatic hydroxyl groups excluding tert-OH is 2. The van der Waals surface area contributed by atoms with Crippen molar-refractivity contribution in [2.24, 2.45) is 5.92 Å². The molecule has 0 bridgehead atoms. The van der Waals surface area contributed by atoms with Crippen molar-refractivity contribution in [2.75, 3.05) is 7.05 Å². The van der Waals surface area contributed by atoms with Crippen LogP contribution in [-0.2, 0) is 20.6 Å². The van der Waals surface area contributed by atoms with Crippen molar-refractivity contribution in [1.82, 2.24) is 5.32 Å². The molecule has 0 amide bonds. The van der Waals surface area contributed by atoms with E-state index in [2.05, 4.69) is 5.32 Å². The van der Waals surface area contributed by atoms with E-state index in [-0.39, 0.29) is 18.9 Å². The quantitative estimate of drug-likeness (QED) is 0.422. The third-order valence-electron chi connectivity index (χ3n) is 7.22. The highest BCUT2D eigenvalue weighted by molar-refractivity contribution is 5.10. The summed E-state index contributed by atoms with van der Waals surface area (Å²) in [6, 6.07) is 3.09. The molecule has 3 fully saturated rings. The third kappa shape index (κ3) is 3.85. The molecular formula is C22H35NO8. The summed E-state index contributed by atoms with van der Waals surface area (Å²) < 4.78 is 23.4. The zero-order chi connectivity index (χ0) is 22.4. The first-order valence-electron chi connectivity index (χ1n) is 11.2. The van der Waals surface area contributed by atoms with Gasteiger partial charge in [-0.15, -0.1) is 0 Å². The van der Waals surface area contributed by atoms with Gasteiger partial charge in [-0.05, 0) is 45.4 Å². The van der Waals surface area contributed by atoms with Gasteiger partial charge in [0.1, 0.15) is 23.6 Å². The Morgan fingerprint density at radius 3 is 2.58 bits per heavy atom. The molecule has 0 unspecified atom stereocenters. The van der Waals surface area contributed by atoms with E-state index in [4.69, 9.17) is 18.6 Å². The van der Waals surface area contributed by atoms with Crippen LogP contribution in [0.4, 0.5) is 0 Å². The fourth-order valence-corrected chi connectivity index (χ4v) is 5.54. The Hall–Kier alpha value is -1.04. The number of aliphatic hydroxyl groups is 4. The van der Waals surface area contributed by atoms with Gasteiger partial charge in [0.05, 0.1) is 30.6 Å². The van der Waals surface area contributed by atoms with Crippen molar-refractivity contribution < 1.29 is 39.1 Å². The zero-order valence-electron chi connectivity index (χ0n) is 18.3. The number of likely N-dealkylation sites (N-methyl/N-ethyl adjacent to an activating group) is 1. The number of ether oxygens (including phenoxy) is 3. The molecule has 0 spiro atoms. The van der Waals surface area contributed by atoms with Crippen molar-refractivity contribution in [1.29, 1.82) is 0 Å². The van der Waals surface area contributed by atoms with Crippen molar-refractivity contribution in [3.05, 3.63) is 24.2 Å². The second-order valence-electron chi connectivity index (χ2n) is 9.19. The third-order valence-corrected chi connectivity index (χ3v) is 7.22. The number of aryl methyl sites for hydroxylation is 1. The fraction of sp³-hybridized carbons (Fsp3) is 0.818. The number of nitrogens with one attached hydrogen (secondary N) is 1. The number of hydrogen-bond acceptors (Lipinski definition) is 9. The van der Waals surface area contributed by atoms with Crippen LogP contribution in [-0.4, -0.2) is 81.7 Å². The van der Waals surface area contributed by atoms with Gasteiger partial charge >= 0.3 is 0 Å². The minimum Gasteiger partial charge on any atom is -0.469 e. The maximum Gasteiger partial charge on any atom is 0.248 e. The highest BCUT2D eigenvalue weighted by atomic mass is 16.8. The summed E-state index contributed by atoms with van der Waals surface area (Å²) in [5.41, 5.74) is -1.64. The van der Waals surface area contributed by atoms with Crippen LogP contribution >= 0.6 is 0 Å². The van der Waals surface area contributed by atoms with Gasteiger partial charge in [-0.25, -0.2) is 0 Å². The monoisotopic (exact) mass is 441 g/mol. The molecule has 10 atom stereocenters. The molecule has 2 aliphatic heterocycles. The van der Waals surface area contributed by atoms with E-state index in [9.17, 15) is 20.4 Å². The lowest BCUT2D eigenvalue weighted by molar-refractivity contribution is -0.485. The molecule has 1 aromatic rings. The van der Waals surface area contributed by atoms with Crippen LogP contribution in [0.2, 0.25) is 0 Å². The average Bonchev–Trinajstić information content (AvgIpc) is 3.22. The highest BCUT2D eigenvalue weighted by Crippen LogP contribution is 2.49. The van der Waals surface area contributed by atoms with Crippen molar-refractivity contribution in [3.8, 4) is 0 Å². The topological polar surface area (TPSA) is 134 Å². The molecule has 0 aromatic carbocycles. The van der Waals surface area contributed by atoms with Crippen LogP contribution in [0.25, 0.3) is 0 Å². The first-order valence-corrected chi connectivity index (χ1v) is 11.2. The second kappa shape index (κ2) is 8.72. The van der Waals surface area contributed by atoms with Gasteiger partial charge in [-0.2, -0.15) is 0 Å². The second-order valence-corrected chi connectivity index (χ2v) is 9.19.